The summed E-state index contributed by atoms with van der Waals surface area (Å²) < 4.78 is 25.9. The van der Waals surface area contributed by atoms with Gasteiger partial charge in [-0.2, -0.15) is 5.10 Å². The SMILES string of the molecule is O=S(=O)(Cl)c1cnn(Cc2nnc3n2CCCC3)c1. The zero-order valence-electron chi connectivity index (χ0n) is 10.0. The Morgan fingerprint density at radius 2 is 2.16 bits per heavy atom. The molecule has 1 aliphatic heterocycles. The molecule has 2 aromatic heterocycles. The van der Waals surface area contributed by atoms with Gasteiger partial charge in [-0.05, 0) is 12.8 Å². The molecule has 0 bridgehead atoms. The van der Waals surface area contributed by atoms with Crippen LogP contribution in [0.2, 0.25) is 0 Å². The fourth-order valence-corrected chi connectivity index (χ4v) is 2.85. The molecule has 0 saturated carbocycles. The van der Waals surface area contributed by atoms with Crippen LogP contribution >= 0.6 is 10.7 Å². The molecule has 0 aromatic carbocycles. The molecule has 0 saturated heterocycles. The van der Waals surface area contributed by atoms with Gasteiger partial charge in [0.25, 0.3) is 9.05 Å². The molecule has 0 aliphatic carbocycles. The lowest BCUT2D eigenvalue weighted by Crippen LogP contribution is -2.15. The lowest BCUT2D eigenvalue weighted by Gasteiger charge is -2.14. The molecular weight excluding hydrogens is 290 g/mol. The Morgan fingerprint density at radius 3 is 2.89 bits per heavy atom. The Morgan fingerprint density at radius 1 is 1.32 bits per heavy atom. The normalized spacial score (nSPS) is 15.4. The Labute approximate surface area is 114 Å². The lowest BCUT2D eigenvalue weighted by atomic mass is 10.2. The summed E-state index contributed by atoms with van der Waals surface area (Å²) in [4.78, 5) is -0.00690. The maximum Gasteiger partial charge on any atom is 0.264 e. The zero-order chi connectivity index (χ0) is 13.5. The molecule has 7 nitrogen and oxygen atoms in total. The predicted molar refractivity (Wildman–Crippen MR) is 67.3 cm³/mol. The van der Waals surface area contributed by atoms with Crippen molar-refractivity contribution in [3.8, 4) is 0 Å². The van der Waals surface area contributed by atoms with Crippen LogP contribution in [0.3, 0.4) is 0 Å². The van der Waals surface area contributed by atoms with Crippen molar-refractivity contribution in [1.82, 2.24) is 24.5 Å². The van der Waals surface area contributed by atoms with Crippen LogP contribution in [0.15, 0.2) is 17.3 Å². The van der Waals surface area contributed by atoms with Gasteiger partial charge in [0.05, 0.1) is 6.20 Å². The fourth-order valence-electron chi connectivity index (χ4n) is 2.19. The van der Waals surface area contributed by atoms with Gasteiger partial charge in [-0.3, -0.25) is 4.68 Å². The van der Waals surface area contributed by atoms with Crippen molar-refractivity contribution in [3.05, 3.63) is 24.0 Å². The van der Waals surface area contributed by atoms with Crippen molar-refractivity contribution < 1.29 is 8.42 Å². The highest BCUT2D eigenvalue weighted by atomic mass is 35.7. The van der Waals surface area contributed by atoms with Gasteiger partial charge in [0.1, 0.15) is 17.3 Å². The summed E-state index contributed by atoms with van der Waals surface area (Å²) in [6, 6.07) is 0. The molecule has 2 aromatic rings. The molecule has 3 rings (SSSR count). The van der Waals surface area contributed by atoms with Gasteiger partial charge in [0.2, 0.25) is 0 Å². The van der Waals surface area contributed by atoms with Crippen LogP contribution in [0, 0.1) is 0 Å². The largest absolute Gasteiger partial charge is 0.313 e. The zero-order valence-corrected chi connectivity index (χ0v) is 11.6. The smallest absolute Gasteiger partial charge is 0.264 e. The van der Waals surface area contributed by atoms with Gasteiger partial charge in [0.15, 0.2) is 5.82 Å². The Bertz CT molecular complexity index is 705. The second kappa shape index (κ2) is 4.61. The van der Waals surface area contributed by atoms with Crippen molar-refractivity contribution in [2.24, 2.45) is 0 Å². The summed E-state index contributed by atoms with van der Waals surface area (Å²) in [7, 11) is 1.52. The molecule has 0 fully saturated rings. The molecule has 0 unspecified atom stereocenters. The molecule has 9 heteroatoms. The number of hydrogen-bond acceptors (Lipinski definition) is 5. The van der Waals surface area contributed by atoms with Gasteiger partial charge in [0, 0.05) is 29.8 Å². The molecule has 0 atom stereocenters. The third kappa shape index (κ3) is 2.50. The summed E-state index contributed by atoms with van der Waals surface area (Å²) in [5.74, 6) is 1.77. The third-order valence-electron chi connectivity index (χ3n) is 3.13. The molecule has 0 radical (unpaired) electrons. The van der Waals surface area contributed by atoms with E-state index in [0.717, 1.165) is 37.5 Å². The van der Waals surface area contributed by atoms with Crippen LogP contribution in [0.1, 0.15) is 24.5 Å². The van der Waals surface area contributed by atoms with E-state index in [1.807, 2.05) is 0 Å². The van der Waals surface area contributed by atoms with E-state index in [-0.39, 0.29) is 4.90 Å². The van der Waals surface area contributed by atoms with E-state index in [1.54, 1.807) is 0 Å². The minimum Gasteiger partial charge on any atom is -0.313 e. The molecule has 3 heterocycles. The van der Waals surface area contributed by atoms with Gasteiger partial charge < -0.3 is 4.57 Å². The maximum absolute atomic E-state index is 11.2. The first-order valence-corrected chi connectivity index (χ1v) is 8.23. The van der Waals surface area contributed by atoms with Crippen molar-refractivity contribution in [3.63, 3.8) is 0 Å². The van der Waals surface area contributed by atoms with Gasteiger partial charge in [-0.25, -0.2) is 8.42 Å². The Hall–Kier alpha value is -1.41. The molecule has 19 heavy (non-hydrogen) atoms. The summed E-state index contributed by atoms with van der Waals surface area (Å²) in [6.45, 7) is 1.29. The third-order valence-corrected chi connectivity index (χ3v) is 4.44. The van der Waals surface area contributed by atoms with E-state index in [2.05, 4.69) is 19.9 Å². The first-order chi connectivity index (χ1) is 9.04. The molecular formula is C10H12ClN5O2S. The highest BCUT2D eigenvalue weighted by Crippen LogP contribution is 2.16. The number of halogens is 1. The summed E-state index contributed by atoms with van der Waals surface area (Å²) in [5, 5.41) is 12.2. The van der Waals surface area contributed by atoms with Crippen LogP contribution in [-0.4, -0.2) is 33.0 Å². The van der Waals surface area contributed by atoms with Gasteiger partial charge >= 0.3 is 0 Å². The summed E-state index contributed by atoms with van der Waals surface area (Å²) >= 11 is 0. The molecule has 102 valence electrons. The highest BCUT2D eigenvalue weighted by Gasteiger charge is 2.17. The van der Waals surface area contributed by atoms with E-state index >= 15 is 0 Å². The first-order valence-electron chi connectivity index (χ1n) is 5.92. The monoisotopic (exact) mass is 301 g/mol. The number of aryl methyl sites for hydroxylation is 1. The van der Waals surface area contributed by atoms with Crippen molar-refractivity contribution in [2.45, 2.75) is 37.2 Å². The summed E-state index contributed by atoms with van der Waals surface area (Å²) in [6.07, 6.45) is 5.81. The molecule has 0 N–H and O–H groups in total. The number of nitrogens with zero attached hydrogens (tertiary/aromatic N) is 5. The second-order valence-electron chi connectivity index (χ2n) is 4.45. The van der Waals surface area contributed by atoms with Crippen molar-refractivity contribution >= 4 is 19.7 Å². The maximum atomic E-state index is 11.2. The number of rotatable bonds is 3. The van der Waals surface area contributed by atoms with Crippen molar-refractivity contribution in [1.29, 1.82) is 0 Å². The van der Waals surface area contributed by atoms with Crippen LogP contribution < -0.4 is 0 Å². The molecule has 1 aliphatic rings. The van der Waals surface area contributed by atoms with Crippen LogP contribution in [-0.2, 0) is 28.6 Å². The minimum atomic E-state index is -3.73. The Balaban J connectivity index is 1.86. The quantitative estimate of drug-likeness (QED) is 0.783. The molecule has 0 spiro atoms. The van der Waals surface area contributed by atoms with Crippen LogP contribution in [0.4, 0.5) is 0 Å². The van der Waals surface area contributed by atoms with E-state index in [9.17, 15) is 8.42 Å². The average Bonchev–Trinajstić information content (AvgIpc) is 2.97. The van der Waals surface area contributed by atoms with Crippen LogP contribution in [0.5, 0.6) is 0 Å². The molecule has 0 amide bonds. The first kappa shape index (κ1) is 12.6. The number of aromatic nitrogens is 5. The topological polar surface area (TPSA) is 82.7 Å². The highest BCUT2D eigenvalue weighted by molar-refractivity contribution is 8.13. The van der Waals surface area contributed by atoms with E-state index in [0.29, 0.717) is 6.54 Å². The predicted octanol–water partition coefficient (Wildman–Crippen LogP) is 0.787. The van der Waals surface area contributed by atoms with E-state index in [1.165, 1.54) is 17.1 Å². The van der Waals surface area contributed by atoms with Crippen molar-refractivity contribution in [2.75, 3.05) is 0 Å². The average molecular weight is 302 g/mol. The summed E-state index contributed by atoms with van der Waals surface area (Å²) in [5.41, 5.74) is 0. The standard InChI is InChI=1S/C10H12ClN5O2S/c11-19(17,18)8-5-12-15(6-8)7-10-14-13-9-3-1-2-4-16(9)10/h5-6H,1-4,7H2. The van der Waals surface area contributed by atoms with E-state index < -0.39 is 9.05 Å². The number of hydrogen-bond donors (Lipinski definition) is 0. The minimum absolute atomic E-state index is 0.00690. The Kier molecular flexibility index (Phi) is 3.06. The van der Waals surface area contributed by atoms with Crippen LogP contribution in [0.25, 0.3) is 0 Å². The van der Waals surface area contributed by atoms with Gasteiger partial charge in [-0.1, -0.05) is 0 Å². The lowest BCUT2D eigenvalue weighted by molar-refractivity contribution is 0.496. The van der Waals surface area contributed by atoms with Gasteiger partial charge in [-0.15, -0.1) is 10.2 Å². The van der Waals surface area contributed by atoms with E-state index in [4.69, 9.17) is 10.7 Å². The second-order valence-corrected chi connectivity index (χ2v) is 7.02. The number of fused-ring (bicyclic) bond motifs is 1. The fraction of sp³-hybridized carbons (Fsp3) is 0.500.